The maximum absolute atomic E-state index is 12.5. The first-order valence-electron chi connectivity index (χ1n) is 12.7. The third kappa shape index (κ3) is 9.29. The van der Waals surface area contributed by atoms with E-state index in [-0.39, 0.29) is 13.1 Å². The quantitative estimate of drug-likeness (QED) is 0.254. The van der Waals surface area contributed by atoms with Crippen LogP contribution in [0, 0.1) is 12.3 Å². The Morgan fingerprint density at radius 3 is 2.30 bits per heavy atom. The Hall–Kier alpha value is -4.61. The number of nitrogens with one attached hydrogen (secondary N) is 4. The van der Waals surface area contributed by atoms with Crippen LogP contribution in [0.3, 0.4) is 0 Å². The Morgan fingerprint density at radius 1 is 0.950 bits per heavy atom. The van der Waals surface area contributed by atoms with Gasteiger partial charge in [-0.3, -0.25) is 20.8 Å². The molecule has 0 radical (unpaired) electrons. The van der Waals surface area contributed by atoms with Gasteiger partial charge >= 0.3 is 12.2 Å². The first-order chi connectivity index (χ1) is 18.6. The van der Waals surface area contributed by atoms with Crippen LogP contribution in [0.25, 0.3) is 10.9 Å². The summed E-state index contributed by atoms with van der Waals surface area (Å²) in [4.78, 5) is 40.8. The van der Waals surface area contributed by atoms with Crippen LogP contribution in [0.1, 0.15) is 52.8 Å². The molecule has 12 heteroatoms. The second-order valence-electron chi connectivity index (χ2n) is 11.1. The average Bonchev–Trinajstić information content (AvgIpc) is 3.18. The second kappa shape index (κ2) is 12.1. The zero-order valence-corrected chi connectivity index (χ0v) is 23.8. The van der Waals surface area contributed by atoms with Crippen molar-refractivity contribution in [3.8, 4) is 11.6 Å². The first-order valence-corrected chi connectivity index (χ1v) is 12.7. The van der Waals surface area contributed by atoms with Crippen LogP contribution in [-0.2, 0) is 27.4 Å². The molecule has 0 atom stereocenters. The van der Waals surface area contributed by atoms with Crippen LogP contribution in [-0.4, -0.2) is 44.8 Å². The fourth-order valence-corrected chi connectivity index (χ4v) is 3.66. The molecule has 0 bridgehead atoms. The van der Waals surface area contributed by atoms with Gasteiger partial charge in [0.1, 0.15) is 23.5 Å². The number of pyridine rings is 1. The highest BCUT2D eigenvalue weighted by Crippen LogP contribution is 2.30. The lowest BCUT2D eigenvalue weighted by molar-refractivity contribution is -0.120. The van der Waals surface area contributed by atoms with Crippen LogP contribution in [0.4, 0.5) is 9.59 Å². The van der Waals surface area contributed by atoms with Gasteiger partial charge in [0.05, 0.1) is 5.52 Å². The van der Waals surface area contributed by atoms with Crippen molar-refractivity contribution >= 4 is 35.0 Å². The maximum Gasteiger partial charge on any atom is 0.414 e. The molecule has 3 amide bonds. The summed E-state index contributed by atoms with van der Waals surface area (Å²) in [5.74, 6) is -0.115. The fourth-order valence-electron chi connectivity index (χ4n) is 3.66. The van der Waals surface area contributed by atoms with Crippen molar-refractivity contribution in [2.24, 2.45) is 0 Å². The molecule has 40 heavy (non-hydrogen) atoms. The highest BCUT2D eigenvalue weighted by molar-refractivity contribution is 6.01. The van der Waals surface area contributed by atoms with Gasteiger partial charge < -0.3 is 24.1 Å². The standard InChI is InChI=1S/C28H36N6O6/c1-17-13-18(15-30-25(36)39-27(2,3)4)14-23(31-17)38-21-10-8-9-20-19(21)11-12-34(20)16-22(35)32-24(29)33-26(37)40-28(5,6)7/h8-14H,15-16H2,1-7H3,(H,30,36)(H3,29,32,33,35,37). The van der Waals surface area contributed by atoms with Crippen molar-refractivity contribution in [3.05, 3.63) is 53.9 Å². The van der Waals surface area contributed by atoms with E-state index in [1.807, 2.05) is 25.1 Å². The lowest BCUT2D eigenvalue weighted by Gasteiger charge is -2.19. The topological polar surface area (TPSA) is 157 Å². The van der Waals surface area contributed by atoms with E-state index in [1.165, 1.54) is 0 Å². The number of carbonyl (C=O) groups excluding carboxylic acids is 3. The van der Waals surface area contributed by atoms with Crippen molar-refractivity contribution < 1.29 is 28.6 Å². The average molecular weight is 553 g/mol. The summed E-state index contributed by atoms with van der Waals surface area (Å²) in [6.45, 7) is 12.4. The molecule has 2 aromatic heterocycles. The highest BCUT2D eigenvalue weighted by Gasteiger charge is 2.19. The smallest absolute Gasteiger partial charge is 0.414 e. The van der Waals surface area contributed by atoms with E-state index in [9.17, 15) is 14.4 Å². The number of nitrogens with zero attached hydrogens (tertiary/aromatic N) is 2. The van der Waals surface area contributed by atoms with Gasteiger partial charge in [-0.05, 0) is 78.3 Å². The number of amides is 3. The number of aromatic nitrogens is 2. The molecule has 1 aromatic carbocycles. The van der Waals surface area contributed by atoms with Gasteiger partial charge in [0, 0.05) is 29.9 Å². The number of benzene rings is 1. The van der Waals surface area contributed by atoms with Gasteiger partial charge in [0.2, 0.25) is 17.7 Å². The van der Waals surface area contributed by atoms with Crippen LogP contribution in [0.15, 0.2) is 42.6 Å². The number of rotatable bonds is 6. The predicted molar refractivity (Wildman–Crippen MR) is 149 cm³/mol. The first kappa shape index (κ1) is 29.9. The lowest BCUT2D eigenvalue weighted by atomic mass is 10.2. The summed E-state index contributed by atoms with van der Waals surface area (Å²) in [6.07, 6.45) is 0.372. The molecule has 3 rings (SSSR count). The van der Waals surface area contributed by atoms with E-state index in [0.29, 0.717) is 17.3 Å². The van der Waals surface area contributed by atoms with Crippen molar-refractivity contribution in [2.45, 2.75) is 72.8 Å². The summed E-state index contributed by atoms with van der Waals surface area (Å²) in [7, 11) is 0. The van der Waals surface area contributed by atoms with Crippen LogP contribution < -0.4 is 20.7 Å². The molecule has 0 aliphatic carbocycles. The number of guanidine groups is 1. The van der Waals surface area contributed by atoms with E-state index in [2.05, 4.69) is 20.9 Å². The number of ether oxygens (including phenoxy) is 3. The van der Waals surface area contributed by atoms with Crippen molar-refractivity contribution in [2.75, 3.05) is 0 Å². The minimum Gasteiger partial charge on any atom is -0.444 e. The summed E-state index contributed by atoms with van der Waals surface area (Å²) in [6, 6.07) is 10.8. The Bertz CT molecular complexity index is 1420. The zero-order valence-electron chi connectivity index (χ0n) is 23.8. The molecular formula is C28H36N6O6. The minimum absolute atomic E-state index is 0.103. The Balaban J connectivity index is 1.67. The molecule has 2 heterocycles. The summed E-state index contributed by atoms with van der Waals surface area (Å²) in [5.41, 5.74) is 0.893. The van der Waals surface area contributed by atoms with Gasteiger partial charge in [-0.2, -0.15) is 0 Å². The Labute approximate surface area is 232 Å². The van der Waals surface area contributed by atoms with Crippen LogP contribution in [0.5, 0.6) is 11.6 Å². The van der Waals surface area contributed by atoms with E-state index in [1.54, 1.807) is 70.5 Å². The van der Waals surface area contributed by atoms with E-state index >= 15 is 0 Å². The van der Waals surface area contributed by atoms with Gasteiger partial charge in [-0.1, -0.05) is 6.07 Å². The van der Waals surface area contributed by atoms with Gasteiger partial charge in [0.15, 0.2) is 0 Å². The minimum atomic E-state index is -0.834. The molecule has 3 aromatic rings. The van der Waals surface area contributed by atoms with E-state index < -0.39 is 35.3 Å². The van der Waals surface area contributed by atoms with Crippen LogP contribution in [0.2, 0.25) is 0 Å². The number of alkyl carbamates (subject to hydrolysis) is 2. The largest absolute Gasteiger partial charge is 0.444 e. The molecule has 0 aliphatic heterocycles. The molecule has 0 saturated carbocycles. The van der Waals surface area contributed by atoms with E-state index in [4.69, 9.17) is 19.6 Å². The monoisotopic (exact) mass is 552 g/mol. The van der Waals surface area contributed by atoms with Gasteiger partial charge in [0.25, 0.3) is 0 Å². The van der Waals surface area contributed by atoms with Crippen LogP contribution >= 0.6 is 0 Å². The Morgan fingerprint density at radius 2 is 1.62 bits per heavy atom. The summed E-state index contributed by atoms with van der Waals surface area (Å²) < 4.78 is 18.2. The third-order valence-electron chi connectivity index (χ3n) is 5.02. The van der Waals surface area contributed by atoms with Crippen molar-refractivity contribution in [1.82, 2.24) is 25.5 Å². The number of aryl methyl sites for hydroxylation is 1. The fraction of sp³-hybridized carbons (Fsp3) is 0.393. The van der Waals surface area contributed by atoms with Gasteiger partial charge in [-0.15, -0.1) is 0 Å². The summed E-state index contributed by atoms with van der Waals surface area (Å²) >= 11 is 0. The molecule has 12 nitrogen and oxygen atoms in total. The second-order valence-corrected chi connectivity index (χ2v) is 11.1. The zero-order chi connectivity index (χ0) is 29.7. The summed E-state index contributed by atoms with van der Waals surface area (Å²) in [5, 5.41) is 15.8. The highest BCUT2D eigenvalue weighted by atomic mass is 16.6. The molecule has 0 unspecified atom stereocenters. The number of fused-ring (bicyclic) bond motifs is 1. The Kier molecular flexibility index (Phi) is 9.02. The number of hydrogen-bond donors (Lipinski definition) is 4. The van der Waals surface area contributed by atoms with Crippen molar-refractivity contribution in [3.63, 3.8) is 0 Å². The normalized spacial score (nSPS) is 11.5. The lowest BCUT2D eigenvalue weighted by Crippen LogP contribution is -2.45. The third-order valence-corrected chi connectivity index (χ3v) is 5.02. The van der Waals surface area contributed by atoms with Crippen molar-refractivity contribution in [1.29, 1.82) is 5.41 Å². The molecule has 0 spiro atoms. The SMILES string of the molecule is Cc1cc(CNC(=O)OC(C)(C)C)cc(Oc2cccc3c2ccn3CC(=O)NC(=N)NC(=O)OC(C)(C)C)n1. The number of carbonyl (C=O) groups is 3. The molecule has 4 N–H and O–H groups in total. The molecule has 214 valence electrons. The molecule has 0 saturated heterocycles. The predicted octanol–water partition coefficient (Wildman–Crippen LogP) is 4.74. The number of hydrogen-bond acceptors (Lipinski definition) is 8. The molecule has 0 fully saturated rings. The van der Waals surface area contributed by atoms with E-state index in [0.717, 1.165) is 16.5 Å². The maximum atomic E-state index is 12.5. The molecular weight excluding hydrogens is 516 g/mol. The van der Waals surface area contributed by atoms with Gasteiger partial charge in [-0.25, -0.2) is 14.6 Å². The molecule has 0 aliphatic rings.